The number of alkyl halides is 1. The summed E-state index contributed by atoms with van der Waals surface area (Å²) >= 11 is 1.75. The maximum atomic E-state index is 10.9. The van der Waals surface area contributed by atoms with Gasteiger partial charge in [0, 0.05) is 0 Å². The van der Waals surface area contributed by atoms with Crippen molar-refractivity contribution in [1.82, 2.24) is 0 Å². The van der Waals surface area contributed by atoms with Gasteiger partial charge in [0.1, 0.15) is 0 Å². The Morgan fingerprint density at radius 3 is 2.31 bits per heavy atom. The van der Waals surface area contributed by atoms with Crippen molar-refractivity contribution in [2.75, 3.05) is 6.61 Å². The van der Waals surface area contributed by atoms with Gasteiger partial charge in [-0.3, -0.25) is 4.79 Å². The van der Waals surface area contributed by atoms with Crippen LogP contribution in [0.5, 0.6) is 0 Å². The Morgan fingerprint density at radius 1 is 1.38 bits per heavy atom. The maximum absolute atomic E-state index is 10.9. The Kier molecular flexibility index (Phi) is 3.27. The van der Waals surface area contributed by atoms with Gasteiger partial charge < -0.3 is 10.2 Å². The van der Waals surface area contributed by atoms with E-state index in [0.29, 0.717) is 5.56 Å². The summed E-state index contributed by atoms with van der Waals surface area (Å²) in [5.74, 6) is -1.03. The molecule has 0 aliphatic rings. The van der Waals surface area contributed by atoms with Crippen molar-refractivity contribution >= 4 is 28.6 Å². The molecule has 2 N–H and O–H groups in total. The molecule has 0 aliphatic heterocycles. The van der Waals surface area contributed by atoms with Crippen LogP contribution in [-0.2, 0) is 8.22 Å². The summed E-state index contributed by atoms with van der Waals surface area (Å²) in [5, 5.41) is 17.9. The minimum absolute atomic E-state index is 0.410. The van der Waals surface area contributed by atoms with E-state index in [1.54, 1.807) is 52.9 Å². The van der Waals surface area contributed by atoms with Gasteiger partial charge in [0.2, 0.25) is 0 Å². The van der Waals surface area contributed by atoms with Crippen LogP contribution in [-0.4, -0.2) is 22.8 Å². The van der Waals surface area contributed by atoms with E-state index in [0.717, 1.165) is 0 Å². The van der Waals surface area contributed by atoms with E-state index < -0.39 is 16.0 Å². The Morgan fingerprint density at radius 2 is 1.92 bits per heavy atom. The number of carbonyl (C=O) groups is 1. The minimum Gasteiger partial charge on any atom is -0.480 e. The van der Waals surface area contributed by atoms with E-state index in [1.807, 2.05) is 0 Å². The van der Waals surface area contributed by atoms with Gasteiger partial charge in [-0.25, -0.2) is 0 Å². The molecule has 13 heavy (non-hydrogen) atoms. The Labute approximate surface area is 89.5 Å². The van der Waals surface area contributed by atoms with E-state index in [9.17, 15) is 4.79 Å². The molecule has 0 bridgehead atoms. The fourth-order valence-corrected chi connectivity index (χ4v) is 1.34. The fraction of sp³-hybridized carbons (Fsp3) is 0.222. The van der Waals surface area contributed by atoms with Gasteiger partial charge >= 0.3 is 5.97 Å². The van der Waals surface area contributed by atoms with Crippen LogP contribution in [0, 0.1) is 0 Å². The highest BCUT2D eigenvalue weighted by Crippen LogP contribution is 2.31. The molecule has 0 amide bonds. The van der Waals surface area contributed by atoms with Gasteiger partial charge in [0.15, 0.2) is 3.42 Å². The average molecular weight is 292 g/mol. The smallest absolute Gasteiger partial charge is 0.326 e. The standard InChI is InChI=1S/C9H9IO3/c10-9(6-11,8(12)13)7-4-2-1-3-5-7/h1-5,11H,6H2,(H,12,13). The van der Waals surface area contributed by atoms with Crippen molar-refractivity contribution in [2.45, 2.75) is 3.42 Å². The van der Waals surface area contributed by atoms with Crippen LogP contribution < -0.4 is 0 Å². The van der Waals surface area contributed by atoms with Crippen molar-refractivity contribution in [2.24, 2.45) is 0 Å². The lowest BCUT2D eigenvalue weighted by atomic mass is 10.0. The quantitative estimate of drug-likeness (QED) is 0.654. The normalized spacial score (nSPS) is 14.9. The third-order valence-corrected chi connectivity index (χ3v) is 3.21. The first-order valence-electron chi connectivity index (χ1n) is 3.70. The van der Waals surface area contributed by atoms with Crippen LogP contribution in [0.3, 0.4) is 0 Å². The Balaban J connectivity index is 3.11. The number of carboxylic acid groups (broad SMARTS) is 1. The zero-order valence-corrected chi connectivity index (χ0v) is 8.93. The number of hydrogen-bond acceptors (Lipinski definition) is 2. The highest BCUT2D eigenvalue weighted by atomic mass is 127. The van der Waals surface area contributed by atoms with Gasteiger partial charge in [-0.15, -0.1) is 0 Å². The lowest BCUT2D eigenvalue weighted by Gasteiger charge is -2.20. The van der Waals surface area contributed by atoms with E-state index in [1.165, 1.54) is 0 Å². The van der Waals surface area contributed by atoms with Crippen LogP contribution in [0.15, 0.2) is 30.3 Å². The molecule has 0 spiro atoms. The first kappa shape index (κ1) is 10.5. The summed E-state index contributed by atoms with van der Waals surface area (Å²) in [6, 6.07) is 8.69. The number of aliphatic carboxylic acids is 1. The first-order valence-corrected chi connectivity index (χ1v) is 4.78. The largest absolute Gasteiger partial charge is 0.480 e. The molecule has 1 aromatic carbocycles. The SMILES string of the molecule is O=C(O)C(I)(CO)c1ccccc1. The van der Waals surface area contributed by atoms with Gasteiger partial charge in [-0.05, 0) is 5.56 Å². The van der Waals surface area contributed by atoms with Gasteiger partial charge in [-0.1, -0.05) is 52.9 Å². The summed E-state index contributed by atoms with van der Waals surface area (Å²) in [6.45, 7) is -0.410. The molecule has 3 nitrogen and oxygen atoms in total. The van der Waals surface area contributed by atoms with E-state index in [-0.39, 0.29) is 0 Å². The highest BCUT2D eigenvalue weighted by Gasteiger charge is 2.36. The summed E-state index contributed by atoms with van der Waals surface area (Å²) < 4.78 is -1.22. The molecular weight excluding hydrogens is 283 g/mol. The van der Waals surface area contributed by atoms with Crippen LogP contribution in [0.4, 0.5) is 0 Å². The minimum atomic E-state index is -1.22. The summed E-state index contributed by atoms with van der Waals surface area (Å²) in [4.78, 5) is 10.9. The zero-order valence-electron chi connectivity index (χ0n) is 6.77. The summed E-state index contributed by atoms with van der Waals surface area (Å²) in [5.41, 5.74) is 0.602. The number of aliphatic hydroxyl groups is 1. The number of aliphatic hydroxyl groups excluding tert-OH is 1. The molecule has 0 fully saturated rings. The molecule has 1 aromatic rings. The van der Waals surface area contributed by atoms with E-state index in [4.69, 9.17) is 10.2 Å². The van der Waals surface area contributed by atoms with Crippen LogP contribution in [0.1, 0.15) is 5.56 Å². The molecule has 1 unspecified atom stereocenters. The lowest BCUT2D eigenvalue weighted by molar-refractivity contribution is -0.140. The van der Waals surface area contributed by atoms with Gasteiger partial charge in [0.25, 0.3) is 0 Å². The average Bonchev–Trinajstić information content (AvgIpc) is 2.17. The van der Waals surface area contributed by atoms with Crippen LogP contribution in [0.2, 0.25) is 0 Å². The molecule has 0 saturated heterocycles. The summed E-state index contributed by atoms with van der Waals surface area (Å²) in [6.07, 6.45) is 0. The fourth-order valence-electron chi connectivity index (χ4n) is 0.985. The van der Waals surface area contributed by atoms with Crippen molar-refractivity contribution in [1.29, 1.82) is 0 Å². The lowest BCUT2D eigenvalue weighted by Crippen LogP contribution is -2.32. The molecule has 0 aliphatic carbocycles. The number of benzene rings is 1. The third kappa shape index (κ3) is 2.00. The molecule has 1 atom stereocenters. The van der Waals surface area contributed by atoms with Crippen molar-refractivity contribution in [3.05, 3.63) is 35.9 Å². The monoisotopic (exact) mass is 292 g/mol. The van der Waals surface area contributed by atoms with Crippen molar-refractivity contribution < 1.29 is 15.0 Å². The predicted octanol–water partition coefficient (Wildman–Crippen LogP) is 1.39. The highest BCUT2D eigenvalue weighted by molar-refractivity contribution is 14.1. The molecule has 0 heterocycles. The Bertz CT molecular complexity index is 299. The molecule has 70 valence electrons. The second kappa shape index (κ2) is 4.06. The molecular formula is C9H9IO3. The predicted molar refractivity (Wildman–Crippen MR) is 56.9 cm³/mol. The van der Waals surface area contributed by atoms with Gasteiger partial charge in [0.05, 0.1) is 6.61 Å². The number of hydrogen-bond donors (Lipinski definition) is 2. The van der Waals surface area contributed by atoms with Gasteiger partial charge in [-0.2, -0.15) is 0 Å². The molecule has 0 saturated carbocycles. The molecule has 0 aromatic heterocycles. The number of halogens is 1. The molecule has 1 rings (SSSR count). The van der Waals surface area contributed by atoms with Crippen molar-refractivity contribution in [3.8, 4) is 0 Å². The second-order valence-electron chi connectivity index (χ2n) is 2.63. The zero-order chi connectivity index (χ0) is 9.90. The van der Waals surface area contributed by atoms with E-state index >= 15 is 0 Å². The topological polar surface area (TPSA) is 57.5 Å². The maximum Gasteiger partial charge on any atom is 0.326 e. The van der Waals surface area contributed by atoms with Crippen LogP contribution in [0.25, 0.3) is 0 Å². The Hall–Kier alpha value is -0.620. The first-order chi connectivity index (χ1) is 6.11. The second-order valence-corrected chi connectivity index (χ2v) is 4.47. The number of rotatable bonds is 3. The molecule has 0 radical (unpaired) electrons. The van der Waals surface area contributed by atoms with E-state index in [2.05, 4.69) is 0 Å². The summed E-state index contributed by atoms with van der Waals surface area (Å²) in [7, 11) is 0. The van der Waals surface area contributed by atoms with Crippen molar-refractivity contribution in [3.63, 3.8) is 0 Å². The third-order valence-electron chi connectivity index (χ3n) is 1.79. The number of carboxylic acids is 1. The molecule has 4 heteroatoms. The van der Waals surface area contributed by atoms with Crippen LogP contribution >= 0.6 is 22.6 Å².